The van der Waals surface area contributed by atoms with Gasteiger partial charge in [0.25, 0.3) is 11.8 Å². The topological polar surface area (TPSA) is 71.5 Å². The predicted octanol–water partition coefficient (Wildman–Crippen LogP) is 2.12. The van der Waals surface area contributed by atoms with Crippen LogP contribution in [-0.2, 0) is 0 Å². The lowest BCUT2D eigenvalue weighted by Crippen LogP contribution is -2.46. The van der Waals surface area contributed by atoms with Gasteiger partial charge in [0.05, 0.1) is 12.7 Å². The van der Waals surface area contributed by atoms with Gasteiger partial charge in [0, 0.05) is 37.0 Å². The van der Waals surface area contributed by atoms with E-state index in [0.717, 1.165) is 12.8 Å². The van der Waals surface area contributed by atoms with Crippen molar-refractivity contribution in [2.45, 2.75) is 18.9 Å². The molecule has 1 aromatic carbocycles. The summed E-state index contributed by atoms with van der Waals surface area (Å²) in [6.07, 6.45) is 3.02. The minimum Gasteiger partial charge on any atom is -0.481 e. The maximum atomic E-state index is 12.5. The molecule has 6 nitrogen and oxygen atoms in total. The highest BCUT2D eigenvalue weighted by Crippen LogP contribution is 2.15. The van der Waals surface area contributed by atoms with Crippen LogP contribution in [0.2, 0.25) is 0 Å². The number of nitrogens with zero attached hydrogens (tertiary/aromatic N) is 2. The van der Waals surface area contributed by atoms with E-state index in [-0.39, 0.29) is 17.9 Å². The van der Waals surface area contributed by atoms with Gasteiger partial charge < -0.3 is 15.0 Å². The van der Waals surface area contributed by atoms with Crippen molar-refractivity contribution in [3.05, 3.63) is 59.8 Å². The second-order valence-corrected chi connectivity index (χ2v) is 6.00. The number of pyridine rings is 1. The first-order chi connectivity index (χ1) is 12.2. The number of likely N-dealkylation sites (tertiary alicyclic amines) is 1. The van der Waals surface area contributed by atoms with Gasteiger partial charge in [0.2, 0.25) is 5.88 Å². The Kier molecular flexibility index (Phi) is 5.28. The maximum Gasteiger partial charge on any atom is 0.255 e. The summed E-state index contributed by atoms with van der Waals surface area (Å²) in [5, 5.41) is 3.04. The smallest absolute Gasteiger partial charge is 0.255 e. The quantitative estimate of drug-likeness (QED) is 0.926. The van der Waals surface area contributed by atoms with Crippen molar-refractivity contribution in [2.24, 2.45) is 0 Å². The lowest BCUT2D eigenvalue weighted by Gasteiger charge is -2.32. The van der Waals surface area contributed by atoms with E-state index >= 15 is 0 Å². The van der Waals surface area contributed by atoms with Crippen molar-refractivity contribution in [1.82, 2.24) is 15.2 Å². The Morgan fingerprint density at radius 2 is 1.80 bits per heavy atom. The van der Waals surface area contributed by atoms with Crippen LogP contribution in [0.25, 0.3) is 0 Å². The average molecular weight is 339 g/mol. The second kappa shape index (κ2) is 7.79. The number of hydrogen-bond donors (Lipinski definition) is 1. The zero-order valence-corrected chi connectivity index (χ0v) is 14.1. The first-order valence-corrected chi connectivity index (χ1v) is 8.32. The number of ether oxygens (including phenoxy) is 1. The highest BCUT2D eigenvalue weighted by Gasteiger charge is 2.25. The van der Waals surface area contributed by atoms with Gasteiger partial charge in [-0.25, -0.2) is 4.98 Å². The lowest BCUT2D eigenvalue weighted by molar-refractivity contribution is 0.0697. The highest BCUT2D eigenvalue weighted by atomic mass is 16.5. The van der Waals surface area contributed by atoms with Gasteiger partial charge >= 0.3 is 0 Å². The molecular formula is C19H21N3O3. The summed E-state index contributed by atoms with van der Waals surface area (Å²) in [5.41, 5.74) is 1.21. The SMILES string of the molecule is COc1ccc(C(=O)N2CCC(NC(=O)c3ccccc3)CC2)cn1. The molecule has 0 radical (unpaired) electrons. The van der Waals surface area contributed by atoms with E-state index < -0.39 is 0 Å². The van der Waals surface area contributed by atoms with Gasteiger partial charge in [-0.15, -0.1) is 0 Å². The lowest BCUT2D eigenvalue weighted by atomic mass is 10.0. The van der Waals surface area contributed by atoms with Crippen molar-refractivity contribution in [2.75, 3.05) is 20.2 Å². The number of amides is 2. The third-order valence-electron chi connectivity index (χ3n) is 4.35. The molecule has 1 N–H and O–H groups in total. The van der Waals surface area contributed by atoms with Crippen molar-refractivity contribution in [1.29, 1.82) is 0 Å². The van der Waals surface area contributed by atoms with Gasteiger partial charge in [0.1, 0.15) is 0 Å². The number of benzene rings is 1. The molecule has 0 saturated carbocycles. The number of piperidine rings is 1. The fourth-order valence-corrected chi connectivity index (χ4v) is 2.90. The largest absolute Gasteiger partial charge is 0.481 e. The third-order valence-corrected chi connectivity index (χ3v) is 4.35. The Labute approximate surface area is 146 Å². The number of carbonyl (C=O) groups is 2. The Balaban J connectivity index is 1.52. The first kappa shape index (κ1) is 17.0. The van der Waals surface area contributed by atoms with E-state index in [2.05, 4.69) is 10.3 Å². The molecule has 0 atom stereocenters. The number of hydrogen-bond acceptors (Lipinski definition) is 4. The summed E-state index contributed by atoms with van der Waals surface area (Å²) in [6.45, 7) is 1.23. The van der Waals surface area contributed by atoms with Crippen LogP contribution >= 0.6 is 0 Å². The molecule has 130 valence electrons. The molecule has 1 aliphatic rings. The molecule has 1 fully saturated rings. The van der Waals surface area contributed by atoms with Crippen molar-refractivity contribution in [3.8, 4) is 5.88 Å². The van der Waals surface area contributed by atoms with Gasteiger partial charge in [0.15, 0.2) is 0 Å². The molecule has 2 amide bonds. The molecule has 1 aliphatic heterocycles. The molecule has 3 rings (SSSR count). The molecule has 1 saturated heterocycles. The van der Waals surface area contributed by atoms with Crippen LogP contribution in [0.3, 0.4) is 0 Å². The van der Waals surface area contributed by atoms with Crippen LogP contribution < -0.4 is 10.1 Å². The molecule has 0 aliphatic carbocycles. The molecule has 0 spiro atoms. The van der Waals surface area contributed by atoms with Crippen LogP contribution in [0.1, 0.15) is 33.6 Å². The fourth-order valence-electron chi connectivity index (χ4n) is 2.90. The molecule has 2 heterocycles. The summed E-state index contributed by atoms with van der Waals surface area (Å²) in [5.74, 6) is 0.381. The molecule has 6 heteroatoms. The highest BCUT2D eigenvalue weighted by molar-refractivity contribution is 5.95. The van der Waals surface area contributed by atoms with E-state index in [9.17, 15) is 9.59 Å². The molecule has 1 aromatic heterocycles. The van der Waals surface area contributed by atoms with Gasteiger partial charge in [-0.1, -0.05) is 18.2 Å². The van der Waals surface area contributed by atoms with Gasteiger partial charge in [-0.3, -0.25) is 9.59 Å². The van der Waals surface area contributed by atoms with E-state index in [1.807, 2.05) is 18.2 Å². The Morgan fingerprint density at radius 3 is 2.40 bits per heavy atom. The van der Waals surface area contributed by atoms with Gasteiger partial charge in [-0.05, 0) is 31.0 Å². The zero-order valence-electron chi connectivity index (χ0n) is 14.1. The predicted molar refractivity (Wildman–Crippen MR) is 93.6 cm³/mol. The summed E-state index contributed by atoms with van der Waals surface area (Å²) in [4.78, 5) is 30.6. The van der Waals surface area contributed by atoms with Crippen LogP contribution in [0, 0.1) is 0 Å². The van der Waals surface area contributed by atoms with Crippen molar-refractivity contribution < 1.29 is 14.3 Å². The minimum absolute atomic E-state index is 0.0389. The number of nitrogens with one attached hydrogen (secondary N) is 1. The monoisotopic (exact) mass is 339 g/mol. The maximum absolute atomic E-state index is 12.5. The number of carbonyl (C=O) groups excluding carboxylic acids is 2. The normalized spacial score (nSPS) is 14.8. The van der Waals surface area contributed by atoms with Crippen molar-refractivity contribution >= 4 is 11.8 Å². The zero-order chi connectivity index (χ0) is 17.6. The van der Waals surface area contributed by atoms with E-state index in [4.69, 9.17) is 4.74 Å². The molecule has 2 aromatic rings. The summed E-state index contributed by atoms with van der Waals surface area (Å²) in [7, 11) is 1.54. The van der Waals surface area contributed by atoms with Crippen molar-refractivity contribution in [3.63, 3.8) is 0 Å². The Bertz CT molecular complexity index is 723. The third kappa shape index (κ3) is 4.15. The van der Waals surface area contributed by atoms with Crippen LogP contribution in [0.5, 0.6) is 5.88 Å². The number of methoxy groups -OCH3 is 1. The second-order valence-electron chi connectivity index (χ2n) is 6.00. The number of aromatic nitrogens is 1. The fraction of sp³-hybridized carbons (Fsp3) is 0.316. The standard InChI is InChI=1S/C19H21N3O3/c1-25-17-8-7-15(13-20-17)19(24)22-11-9-16(10-12-22)21-18(23)14-5-3-2-4-6-14/h2-8,13,16H,9-12H2,1H3,(H,21,23). The van der Waals surface area contributed by atoms with E-state index in [0.29, 0.717) is 30.1 Å². The van der Waals surface area contributed by atoms with Gasteiger partial charge in [-0.2, -0.15) is 0 Å². The van der Waals surface area contributed by atoms with Crippen LogP contribution in [0.15, 0.2) is 48.7 Å². The minimum atomic E-state index is -0.0651. The number of rotatable bonds is 4. The molecular weight excluding hydrogens is 318 g/mol. The summed E-state index contributed by atoms with van der Waals surface area (Å²) >= 11 is 0. The molecule has 0 unspecified atom stereocenters. The van der Waals surface area contributed by atoms with Crippen LogP contribution in [-0.4, -0.2) is 47.9 Å². The van der Waals surface area contributed by atoms with Crippen LogP contribution in [0.4, 0.5) is 0 Å². The average Bonchev–Trinajstić information content (AvgIpc) is 2.69. The Morgan fingerprint density at radius 1 is 1.08 bits per heavy atom. The van der Waals surface area contributed by atoms with E-state index in [1.165, 1.54) is 6.20 Å². The molecule has 25 heavy (non-hydrogen) atoms. The Hall–Kier alpha value is -2.89. The van der Waals surface area contributed by atoms with E-state index in [1.54, 1.807) is 36.3 Å². The summed E-state index contributed by atoms with van der Waals surface area (Å²) < 4.78 is 5.01. The summed E-state index contributed by atoms with van der Waals surface area (Å²) in [6, 6.07) is 12.7. The molecule has 0 bridgehead atoms. The first-order valence-electron chi connectivity index (χ1n) is 8.32.